The lowest BCUT2D eigenvalue weighted by atomic mass is 9.75. The summed E-state index contributed by atoms with van der Waals surface area (Å²) in [6.45, 7) is 0. The van der Waals surface area contributed by atoms with Crippen LogP contribution in [0.2, 0.25) is 0 Å². The van der Waals surface area contributed by atoms with Gasteiger partial charge < -0.3 is 5.73 Å². The van der Waals surface area contributed by atoms with Crippen LogP contribution < -0.4 is 5.73 Å². The normalized spacial score (nSPS) is 16.4. The third-order valence-corrected chi connectivity index (χ3v) is 5.39. The maximum absolute atomic E-state index is 6.12. The molecule has 0 atom stereocenters. The fourth-order valence-corrected chi connectivity index (χ4v) is 4.47. The Balaban J connectivity index is 1.83. The van der Waals surface area contributed by atoms with Crippen LogP contribution in [0.4, 0.5) is 5.69 Å². The predicted octanol–water partition coefficient (Wildman–Crippen LogP) is 4.33. The molecule has 5 rings (SSSR count). The standard InChI is InChI=1S/C21H17N/c22-16-9-10-18-17-7-3-4-8-19(17)21(20(18)11-16)12-14-5-1-2-6-15(14)13-21/h1-11H,12-13,22H2. The Kier molecular flexibility index (Phi) is 2.20. The van der Waals surface area contributed by atoms with Crippen LogP contribution in [0.5, 0.6) is 0 Å². The van der Waals surface area contributed by atoms with Crippen LogP contribution in [0, 0.1) is 0 Å². The quantitative estimate of drug-likeness (QED) is 0.610. The Morgan fingerprint density at radius 2 is 1.32 bits per heavy atom. The van der Waals surface area contributed by atoms with Crippen molar-refractivity contribution in [2.45, 2.75) is 18.3 Å². The van der Waals surface area contributed by atoms with Gasteiger partial charge >= 0.3 is 0 Å². The average molecular weight is 283 g/mol. The first-order valence-corrected chi connectivity index (χ1v) is 7.85. The second-order valence-electron chi connectivity index (χ2n) is 6.55. The van der Waals surface area contributed by atoms with Crippen molar-refractivity contribution in [2.75, 3.05) is 5.73 Å². The van der Waals surface area contributed by atoms with Crippen LogP contribution in [0.1, 0.15) is 22.3 Å². The van der Waals surface area contributed by atoms with E-state index in [0.717, 1.165) is 18.5 Å². The molecule has 0 saturated heterocycles. The molecule has 1 spiro atoms. The Morgan fingerprint density at radius 3 is 2.09 bits per heavy atom. The van der Waals surface area contributed by atoms with Gasteiger partial charge in [-0.1, -0.05) is 54.6 Å². The highest BCUT2D eigenvalue weighted by molar-refractivity contribution is 5.83. The number of hydrogen-bond acceptors (Lipinski definition) is 1. The third-order valence-electron chi connectivity index (χ3n) is 5.39. The Morgan fingerprint density at radius 1 is 0.682 bits per heavy atom. The topological polar surface area (TPSA) is 26.0 Å². The van der Waals surface area contributed by atoms with Gasteiger partial charge in [-0.05, 0) is 58.4 Å². The summed E-state index contributed by atoms with van der Waals surface area (Å²) >= 11 is 0. The summed E-state index contributed by atoms with van der Waals surface area (Å²) in [5, 5.41) is 0. The molecule has 106 valence electrons. The molecule has 0 radical (unpaired) electrons. The summed E-state index contributed by atoms with van der Waals surface area (Å²) in [5.74, 6) is 0. The summed E-state index contributed by atoms with van der Waals surface area (Å²) in [4.78, 5) is 0. The Bertz CT molecular complexity index is 882. The van der Waals surface area contributed by atoms with Gasteiger partial charge in [-0.15, -0.1) is 0 Å². The van der Waals surface area contributed by atoms with E-state index in [9.17, 15) is 0 Å². The molecule has 3 aromatic carbocycles. The number of rotatable bonds is 0. The van der Waals surface area contributed by atoms with Crippen molar-refractivity contribution in [2.24, 2.45) is 0 Å². The lowest BCUT2D eigenvalue weighted by Crippen LogP contribution is -2.25. The molecule has 0 aromatic heterocycles. The maximum atomic E-state index is 6.12. The summed E-state index contributed by atoms with van der Waals surface area (Å²) in [6, 6.07) is 24.1. The van der Waals surface area contributed by atoms with Crippen LogP contribution >= 0.6 is 0 Å². The molecule has 0 saturated carbocycles. The lowest BCUT2D eigenvalue weighted by Gasteiger charge is -2.26. The molecule has 22 heavy (non-hydrogen) atoms. The number of anilines is 1. The van der Waals surface area contributed by atoms with Gasteiger partial charge in [-0.3, -0.25) is 0 Å². The van der Waals surface area contributed by atoms with E-state index in [4.69, 9.17) is 5.73 Å². The highest BCUT2D eigenvalue weighted by Crippen LogP contribution is 2.55. The second-order valence-corrected chi connectivity index (χ2v) is 6.55. The first-order valence-electron chi connectivity index (χ1n) is 7.85. The van der Waals surface area contributed by atoms with E-state index < -0.39 is 0 Å². The minimum absolute atomic E-state index is 0.0744. The molecule has 1 nitrogen and oxygen atoms in total. The van der Waals surface area contributed by atoms with Crippen LogP contribution in [0.25, 0.3) is 11.1 Å². The van der Waals surface area contributed by atoms with Gasteiger partial charge in [0.2, 0.25) is 0 Å². The van der Waals surface area contributed by atoms with Crippen LogP contribution in [-0.4, -0.2) is 0 Å². The Labute approximate surface area is 130 Å². The molecule has 2 aliphatic carbocycles. The molecule has 2 aliphatic rings. The fourth-order valence-electron chi connectivity index (χ4n) is 4.47. The summed E-state index contributed by atoms with van der Waals surface area (Å²) in [5.41, 5.74) is 15.6. The molecule has 0 amide bonds. The van der Waals surface area contributed by atoms with Gasteiger partial charge in [-0.2, -0.15) is 0 Å². The zero-order valence-electron chi connectivity index (χ0n) is 12.3. The van der Waals surface area contributed by atoms with E-state index in [1.165, 1.54) is 33.4 Å². The maximum Gasteiger partial charge on any atom is 0.0317 e. The smallest absolute Gasteiger partial charge is 0.0317 e. The number of nitrogen functional groups attached to an aromatic ring is 1. The minimum atomic E-state index is 0.0744. The summed E-state index contributed by atoms with van der Waals surface area (Å²) < 4.78 is 0. The van der Waals surface area contributed by atoms with Crippen molar-refractivity contribution < 1.29 is 0 Å². The molecule has 0 fully saturated rings. The molecular formula is C21H17N. The SMILES string of the molecule is Nc1ccc2c(c1)C1(Cc3ccccc3C1)c1ccccc1-2. The zero-order valence-corrected chi connectivity index (χ0v) is 12.3. The zero-order chi connectivity index (χ0) is 14.7. The molecule has 3 aromatic rings. The van der Waals surface area contributed by atoms with E-state index in [0.29, 0.717) is 0 Å². The van der Waals surface area contributed by atoms with Gasteiger partial charge in [0.15, 0.2) is 0 Å². The largest absolute Gasteiger partial charge is 0.399 e. The van der Waals surface area contributed by atoms with Gasteiger partial charge in [-0.25, -0.2) is 0 Å². The van der Waals surface area contributed by atoms with E-state index in [1.807, 2.05) is 6.07 Å². The summed E-state index contributed by atoms with van der Waals surface area (Å²) in [6.07, 6.45) is 2.16. The van der Waals surface area contributed by atoms with Crippen molar-refractivity contribution in [3.8, 4) is 11.1 Å². The second kappa shape index (κ2) is 4.01. The summed E-state index contributed by atoms with van der Waals surface area (Å²) in [7, 11) is 0. The van der Waals surface area contributed by atoms with Crippen molar-refractivity contribution >= 4 is 5.69 Å². The van der Waals surface area contributed by atoms with Gasteiger partial charge in [0.1, 0.15) is 0 Å². The Hall–Kier alpha value is -2.54. The molecule has 0 unspecified atom stereocenters. The van der Waals surface area contributed by atoms with Crippen molar-refractivity contribution in [1.82, 2.24) is 0 Å². The van der Waals surface area contributed by atoms with Gasteiger partial charge in [0.05, 0.1) is 0 Å². The first kappa shape index (κ1) is 12.0. The minimum Gasteiger partial charge on any atom is -0.399 e. The predicted molar refractivity (Wildman–Crippen MR) is 90.9 cm³/mol. The van der Waals surface area contributed by atoms with Crippen LogP contribution in [0.15, 0.2) is 66.7 Å². The number of hydrogen-bond donors (Lipinski definition) is 1. The monoisotopic (exact) mass is 283 g/mol. The van der Waals surface area contributed by atoms with E-state index in [-0.39, 0.29) is 5.41 Å². The molecular weight excluding hydrogens is 266 g/mol. The highest BCUT2D eigenvalue weighted by Gasteiger charge is 2.46. The van der Waals surface area contributed by atoms with Crippen molar-refractivity contribution in [3.63, 3.8) is 0 Å². The fraction of sp³-hybridized carbons (Fsp3) is 0.143. The average Bonchev–Trinajstić information content (AvgIpc) is 3.06. The van der Waals surface area contributed by atoms with Crippen LogP contribution in [-0.2, 0) is 18.3 Å². The van der Waals surface area contributed by atoms with Gasteiger partial charge in [0, 0.05) is 11.1 Å². The highest BCUT2D eigenvalue weighted by atomic mass is 14.6. The molecule has 1 heteroatoms. The molecule has 0 aliphatic heterocycles. The van der Waals surface area contributed by atoms with Crippen molar-refractivity contribution in [1.29, 1.82) is 0 Å². The number of benzene rings is 3. The number of nitrogens with two attached hydrogens (primary N) is 1. The lowest BCUT2D eigenvalue weighted by molar-refractivity contribution is 0.564. The van der Waals surface area contributed by atoms with E-state index >= 15 is 0 Å². The first-order chi connectivity index (χ1) is 10.8. The molecule has 0 bridgehead atoms. The van der Waals surface area contributed by atoms with E-state index in [1.54, 1.807) is 0 Å². The molecule has 2 N–H and O–H groups in total. The van der Waals surface area contributed by atoms with Crippen molar-refractivity contribution in [3.05, 3.63) is 89.0 Å². The van der Waals surface area contributed by atoms with Gasteiger partial charge in [0.25, 0.3) is 0 Å². The third kappa shape index (κ3) is 1.38. The molecule has 0 heterocycles. The number of fused-ring (bicyclic) bond motifs is 6. The van der Waals surface area contributed by atoms with E-state index in [2.05, 4.69) is 60.7 Å². The van der Waals surface area contributed by atoms with Crippen LogP contribution in [0.3, 0.4) is 0 Å².